The van der Waals surface area contributed by atoms with Gasteiger partial charge in [-0.15, -0.1) is 0 Å². The Hall–Kier alpha value is -1.79. The van der Waals surface area contributed by atoms with E-state index < -0.39 is 0 Å². The first-order chi connectivity index (χ1) is 11.2. The zero-order valence-electron chi connectivity index (χ0n) is 13.1. The molecule has 0 spiro atoms. The molecule has 1 aromatic heterocycles. The van der Waals surface area contributed by atoms with Crippen LogP contribution in [0, 0.1) is 0 Å². The van der Waals surface area contributed by atoms with E-state index in [1.165, 1.54) is 11.8 Å². The fraction of sp³-hybridized carbons (Fsp3) is 0.412. The van der Waals surface area contributed by atoms with Gasteiger partial charge >= 0.3 is 0 Å². The third-order valence-corrected chi connectivity index (χ3v) is 4.84. The van der Waals surface area contributed by atoms with Crippen LogP contribution in [-0.4, -0.2) is 39.0 Å². The smallest absolute Gasteiger partial charge is 0.270 e. The number of carbonyl (C=O) groups is 1. The number of aromatic nitrogens is 2. The van der Waals surface area contributed by atoms with E-state index in [2.05, 4.69) is 10.3 Å². The Kier molecular flexibility index (Phi) is 5.03. The molecule has 2 N–H and O–H groups in total. The highest BCUT2D eigenvalue weighted by Gasteiger charge is 2.24. The average Bonchev–Trinajstić information content (AvgIpc) is 3.02. The Morgan fingerprint density at radius 1 is 1.26 bits per heavy atom. The summed E-state index contributed by atoms with van der Waals surface area (Å²) in [5.74, 6) is -0.108. The number of nitrogens with zero attached hydrogens (tertiary/aromatic N) is 2. The van der Waals surface area contributed by atoms with Crippen molar-refractivity contribution < 1.29 is 9.90 Å². The Labute approximate surface area is 140 Å². The summed E-state index contributed by atoms with van der Waals surface area (Å²) in [5, 5.41) is 13.5. The second-order valence-electron chi connectivity index (χ2n) is 5.78. The molecule has 0 bridgehead atoms. The van der Waals surface area contributed by atoms with Gasteiger partial charge in [0.1, 0.15) is 5.69 Å². The summed E-state index contributed by atoms with van der Waals surface area (Å²) in [5.41, 5.74) is 1.48. The van der Waals surface area contributed by atoms with Crippen LogP contribution in [0.1, 0.15) is 36.2 Å². The number of hydrogen-bond acceptors (Lipinski definition) is 4. The van der Waals surface area contributed by atoms with Gasteiger partial charge in [0.05, 0.1) is 12.3 Å². The summed E-state index contributed by atoms with van der Waals surface area (Å²) in [6.07, 6.45) is 6.50. The highest BCUT2D eigenvalue weighted by atomic mass is 32.2. The van der Waals surface area contributed by atoms with E-state index in [1.807, 2.05) is 41.2 Å². The molecule has 0 atom stereocenters. The molecule has 1 heterocycles. The molecule has 1 amide bonds. The molecule has 1 aliphatic carbocycles. The number of rotatable bonds is 4. The van der Waals surface area contributed by atoms with Crippen molar-refractivity contribution in [1.29, 1.82) is 0 Å². The maximum absolute atomic E-state index is 12.7. The molecule has 1 fully saturated rings. The summed E-state index contributed by atoms with van der Waals surface area (Å²) in [7, 11) is 0. The van der Waals surface area contributed by atoms with Gasteiger partial charge in [0.15, 0.2) is 5.16 Å². The molecule has 3 rings (SSSR count). The highest BCUT2D eigenvalue weighted by Crippen LogP contribution is 2.23. The first-order valence-corrected chi connectivity index (χ1v) is 9.07. The molecule has 1 saturated carbocycles. The van der Waals surface area contributed by atoms with Crippen molar-refractivity contribution in [3.63, 3.8) is 0 Å². The summed E-state index contributed by atoms with van der Waals surface area (Å²) in [6.45, 7) is 0. The minimum Gasteiger partial charge on any atom is -0.393 e. The molecular formula is C17H21N3O2S. The number of nitrogens with one attached hydrogen (secondary N) is 1. The lowest BCUT2D eigenvalue weighted by molar-refractivity contribution is 0.0861. The molecule has 0 aliphatic heterocycles. The summed E-state index contributed by atoms with van der Waals surface area (Å²) < 4.78 is 1.89. The van der Waals surface area contributed by atoms with Crippen LogP contribution >= 0.6 is 11.8 Å². The Morgan fingerprint density at radius 3 is 2.61 bits per heavy atom. The van der Waals surface area contributed by atoms with Crippen molar-refractivity contribution in [2.75, 3.05) is 6.26 Å². The largest absolute Gasteiger partial charge is 0.393 e. The molecular weight excluding hydrogens is 310 g/mol. The number of para-hydroxylation sites is 1. The Bertz CT molecular complexity index is 664. The van der Waals surface area contributed by atoms with Crippen LogP contribution in [0.3, 0.4) is 0 Å². The van der Waals surface area contributed by atoms with Crippen molar-refractivity contribution in [3.05, 3.63) is 42.2 Å². The van der Waals surface area contributed by atoms with Crippen LogP contribution in [0.2, 0.25) is 0 Å². The molecule has 122 valence electrons. The average molecular weight is 331 g/mol. The van der Waals surface area contributed by atoms with Crippen LogP contribution in [0.25, 0.3) is 5.69 Å². The minimum absolute atomic E-state index is 0.108. The molecule has 1 aliphatic rings. The van der Waals surface area contributed by atoms with E-state index in [0.29, 0.717) is 5.69 Å². The predicted molar refractivity (Wildman–Crippen MR) is 91.1 cm³/mol. The second kappa shape index (κ2) is 7.19. The molecule has 0 unspecified atom stereocenters. The highest BCUT2D eigenvalue weighted by molar-refractivity contribution is 7.98. The van der Waals surface area contributed by atoms with Crippen molar-refractivity contribution >= 4 is 17.7 Å². The fourth-order valence-corrected chi connectivity index (χ4v) is 3.49. The Morgan fingerprint density at radius 2 is 1.96 bits per heavy atom. The van der Waals surface area contributed by atoms with E-state index in [9.17, 15) is 9.90 Å². The van der Waals surface area contributed by atoms with Crippen molar-refractivity contribution in [1.82, 2.24) is 14.9 Å². The maximum atomic E-state index is 12.7. The normalized spacial score (nSPS) is 21.1. The quantitative estimate of drug-likeness (QED) is 0.845. The van der Waals surface area contributed by atoms with Gasteiger partial charge in [-0.05, 0) is 44.1 Å². The zero-order chi connectivity index (χ0) is 16.2. The van der Waals surface area contributed by atoms with Gasteiger partial charge in [-0.3, -0.25) is 9.36 Å². The number of aliphatic hydroxyl groups is 1. The summed E-state index contributed by atoms with van der Waals surface area (Å²) in [4.78, 5) is 17.0. The molecule has 6 heteroatoms. The van der Waals surface area contributed by atoms with Gasteiger partial charge in [0, 0.05) is 11.7 Å². The molecule has 23 heavy (non-hydrogen) atoms. The lowest BCUT2D eigenvalue weighted by atomic mass is 9.93. The van der Waals surface area contributed by atoms with Gasteiger partial charge in [-0.2, -0.15) is 0 Å². The number of amides is 1. The van der Waals surface area contributed by atoms with Gasteiger partial charge in [-0.1, -0.05) is 30.0 Å². The third-order valence-electron chi connectivity index (χ3n) is 4.19. The number of benzene rings is 1. The number of aliphatic hydroxyl groups excluding tert-OH is 1. The minimum atomic E-state index is -0.221. The van der Waals surface area contributed by atoms with Crippen LogP contribution in [0.4, 0.5) is 0 Å². The zero-order valence-corrected chi connectivity index (χ0v) is 13.9. The third kappa shape index (κ3) is 3.59. The molecule has 1 aromatic carbocycles. The van der Waals surface area contributed by atoms with Crippen LogP contribution < -0.4 is 5.32 Å². The lowest BCUT2D eigenvalue weighted by Crippen LogP contribution is -2.39. The van der Waals surface area contributed by atoms with Gasteiger partial charge in [-0.25, -0.2) is 4.98 Å². The second-order valence-corrected chi connectivity index (χ2v) is 6.55. The van der Waals surface area contributed by atoms with Gasteiger partial charge < -0.3 is 10.4 Å². The SMILES string of the molecule is CSc1ncc(C(=O)NC2CCC(O)CC2)n1-c1ccccc1. The van der Waals surface area contributed by atoms with Crippen LogP contribution in [0.5, 0.6) is 0 Å². The molecule has 0 radical (unpaired) electrons. The van der Waals surface area contributed by atoms with E-state index in [4.69, 9.17) is 0 Å². The van der Waals surface area contributed by atoms with Crippen molar-refractivity contribution in [3.8, 4) is 5.69 Å². The van der Waals surface area contributed by atoms with Crippen molar-refractivity contribution in [2.24, 2.45) is 0 Å². The maximum Gasteiger partial charge on any atom is 0.270 e. The molecule has 5 nitrogen and oxygen atoms in total. The van der Waals surface area contributed by atoms with Gasteiger partial charge in [0.2, 0.25) is 0 Å². The first kappa shape index (κ1) is 16.1. The topological polar surface area (TPSA) is 67.2 Å². The van der Waals surface area contributed by atoms with E-state index in [1.54, 1.807) is 6.20 Å². The molecule has 2 aromatic rings. The van der Waals surface area contributed by atoms with Crippen LogP contribution in [0.15, 0.2) is 41.7 Å². The predicted octanol–water partition coefficient (Wildman–Crippen LogP) is 2.63. The van der Waals surface area contributed by atoms with E-state index in [-0.39, 0.29) is 18.1 Å². The number of hydrogen-bond donors (Lipinski definition) is 2. The first-order valence-electron chi connectivity index (χ1n) is 7.85. The summed E-state index contributed by atoms with van der Waals surface area (Å²) in [6, 6.07) is 9.91. The number of thioether (sulfide) groups is 1. The van der Waals surface area contributed by atoms with Crippen molar-refractivity contribution in [2.45, 2.75) is 43.0 Å². The fourth-order valence-electron chi connectivity index (χ4n) is 2.95. The van der Waals surface area contributed by atoms with Crippen LogP contribution in [-0.2, 0) is 0 Å². The number of imidazole rings is 1. The standard InChI is InChI=1S/C17H21N3O2S/c1-23-17-18-11-15(20(17)13-5-3-2-4-6-13)16(22)19-12-7-9-14(21)10-8-12/h2-6,11-12,14,21H,7-10H2,1H3,(H,19,22). The number of carbonyl (C=O) groups excluding carboxylic acids is 1. The monoisotopic (exact) mass is 331 g/mol. The van der Waals surface area contributed by atoms with Gasteiger partial charge in [0.25, 0.3) is 5.91 Å². The van der Waals surface area contributed by atoms with E-state index >= 15 is 0 Å². The van der Waals surface area contributed by atoms with E-state index in [0.717, 1.165) is 36.5 Å². The lowest BCUT2D eigenvalue weighted by Gasteiger charge is -2.26. The molecule has 0 saturated heterocycles. The Balaban J connectivity index is 1.82. The summed E-state index contributed by atoms with van der Waals surface area (Å²) >= 11 is 1.51.